The van der Waals surface area contributed by atoms with Crippen molar-refractivity contribution in [2.45, 2.75) is 32.1 Å². The zero-order valence-corrected chi connectivity index (χ0v) is 11.1. The Morgan fingerprint density at radius 2 is 2.12 bits per heavy atom. The first-order valence-electron chi connectivity index (χ1n) is 5.78. The Morgan fingerprint density at radius 1 is 1.38 bits per heavy atom. The molecule has 0 spiro atoms. The Labute approximate surface area is 103 Å². The molecule has 0 amide bonds. The van der Waals surface area contributed by atoms with Crippen LogP contribution in [-0.2, 0) is 0 Å². The molecule has 0 aliphatic heterocycles. The third kappa shape index (κ3) is 4.35. The van der Waals surface area contributed by atoms with E-state index in [0.717, 1.165) is 23.1 Å². The minimum absolute atomic E-state index is 0.657. The third-order valence-corrected chi connectivity index (χ3v) is 3.28. The summed E-state index contributed by atoms with van der Waals surface area (Å²) in [5.74, 6) is 2.71. The van der Waals surface area contributed by atoms with E-state index in [4.69, 9.17) is 10.5 Å². The molecule has 16 heavy (non-hydrogen) atoms. The monoisotopic (exact) mass is 239 g/mol. The predicted octanol–water partition coefficient (Wildman–Crippen LogP) is 3.81. The SMILES string of the molecule is CCOc1cc(SCCC(C)C)ccc1N. The van der Waals surface area contributed by atoms with E-state index < -0.39 is 0 Å². The molecule has 0 saturated heterocycles. The Bertz CT molecular complexity index is 326. The van der Waals surface area contributed by atoms with Gasteiger partial charge in [-0.1, -0.05) is 13.8 Å². The van der Waals surface area contributed by atoms with Crippen molar-refractivity contribution in [3.05, 3.63) is 18.2 Å². The van der Waals surface area contributed by atoms with Crippen LogP contribution >= 0.6 is 11.8 Å². The highest BCUT2D eigenvalue weighted by Gasteiger charge is 2.02. The standard InChI is InChI=1S/C13H21NOS/c1-4-15-13-9-11(5-6-12(13)14)16-8-7-10(2)3/h5-6,9-10H,4,7-8,14H2,1-3H3. The van der Waals surface area contributed by atoms with Gasteiger partial charge in [-0.3, -0.25) is 0 Å². The Morgan fingerprint density at radius 3 is 2.75 bits per heavy atom. The number of ether oxygens (including phenoxy) is 1. The first kappa shape index (κ1) is 13.2. The van der Waals surface area contributed by atoms with E-state index in [2.05, 4.69) is 19.9 Å². The van der Waals surface area contributed by atoms with Crippen molar-refractivity contribution in [3.63, 3.8) is 0 Å². The minimum atomic E-state index is 0.657. The van der Waals surface area contributed by atoms with Crippen molar-refractivity contribution < 1.29 is 4.74 Å². The molecule has 3 heteroatoms. The molecule has 0 radical (unpaired) electrons. The van der Waals surface area contributed by atoms with Crippen molar-refractivity contribution in [1.29, 1.82) is 0 Å². The molecule has 2 N–H and O–H groups in total. The molecule has 1 aromatic carbocycles. The summed E-state index contributed by atoms with van der Waals surface area (Å²) >= 11 is 1.86. The van der Waals surface area contributed by atoms with E-state index in [1.54, 1.807) is 0 Å². The number of hydrogen-bond acceptors (Lipinski definition) is 3. The van der Waals surface area contributed by atoms with Gasteiger partial charge in [-0.2, -0.15) is 0 Å². The summed E-state index contributed by atoms with van der Waals surface area (Å²) in [6.45, 7) is 7.12. The van der Waals surface area contributed by atoms with Crippen LogP contribution in [0.2, 0.25) is 0 Å². The van der Waals surface area contributed by atoms with Crippen LogP contribution in [-0.4, -0.2) is 12.4 Å². The van der Waals surface area contributed by atoms with Crippen molar-refractivity contribution >= 4 is 17.4 Å². The van der Waals surface area contributed by atoms with Crippen LogP contribution in [0.1, 0.15) is 27.2 Å². The van der Waals surface area contributed by atoms with Gasteiger partial charge in [0.05, 0.1) is 12.3 Å². The second kappa shape index (κ2) is 6.69. The number of nitrogen functional groups attached to an aromatic ring is 1. The molecule has 0 saturated carbocycles. The second-order valence-electron chi connectivity index (χ2n) is 4.16. The number of hydrogen-bond donors (Lipinski definition) is 1. The average Bonchev–Trinajstić information content (AvgIpc) is 2.22. The van der Waals surface area contributed by atoms with Gasteiger partial charge in [0.2, 0.25) is 0 Å². The van der Waals surface area contributed by atoms with E-state index >= 15 is 0 Å². The molecule has 0 unspecified atom stereocenters. The molecule has 1 aromatic rings. The number of rotatable bonds is 6. The fourth-order valence-corrected chi connectivity index (χ4v) is 2.48. The summed E-state index contributed by atoms with van der Waals surface area (Å²) in [6.07, 6.45) is 1.24. The molecule has 2 nitrogen and oxygen atoms in total. The average molecular weight is 239 g/mol. The molecule has 0 heterocycles. The van der Waals surface area contributed by atoms with Gasteiger partial charge in [0.15, 0.2) is 0 Å². The molecule has 0 aromatic heterocycles. The lowest BCUT2D eigenvalue weighted by atomic mass is 10.2. The summed E-state index contributed by atoms with van der Waals surface area (Å²) < 4.78 is 5.47. The van der Waals surface area contributed by atoms with Crippen molar-refractivity contribution in [2.75, 3.05) is 18.1 Å². The Balaban J connectivity index is 2.56. The zero-order valence-electron chi connectivity index (χ0n) is 10.3. The summed E-state index contributed by atoms with van der Waals surface area (Å²) in [5, 5.41) is 0. The molecule has 0 aliphatic rings. The van der Waals surface area contributed by atoms with Crippen molar-refractivity contribution in [2.24, 2.45) is 5.92 Å². The van der Waals surface area contributed by atoms with Crippen LogP contribution in [0.4, 0.5) is 5.69 Å². The van der Waals surface area contributed by atoms with Gasteiger partial charge in [-0.25, -0.2) is 0 Å². The number of anilines is 1. The highest BCUT2D eigenvalue weighted by Crippen LogP contribution is 2.29. The molecule has 1 rings (SSSR count). The van der Waals surface area contributed by atoms with Crippen molar-refractivity contribution in [3.8, 4) is 5.75 Å². The summed E-state index contributed by atoms with van der Waals surface area (Å²) in [5.41, 5.74) is 6.54. The van der Waals surface area contributed by atoms with Gasteiger partial charge in [0.25, 0.3) is 0 Å². The number of nitrogens with two attached hydrogens (primary N) is 1. The van der Waals surface area contributed by atoms with Crippen LogP contribution in [0.5, 0.6) is 5.75 Å². The first-order chi connectivity index (χ1) is 7.63. The first-order valence-corrected chi connectivity index (χ1v) is 6.77. The molecule has 0 fully saturated rings. The van der Waals surface area contributed by atoms with Gasteiger partial charge in [0, 0.05) is 4.90 Å². The van der Waals surface area contributed by atoms with E-state index in [1.807, 2.05) is 30.8 Å². The van der Waals surface area contributed by atoms with Crippen LogP contribution in [0.25, 0.3) is 0 Å². The molecular weight excluding hydrogens is 218 g/mol. The van der Waals surface area contributed by atoms with Gasteiger partial charge in [-0.05, 0) is 43.2 Å². The lowest BCUT2D eigenvalue weighted by Crippen LogP contribution is -1.97. The Hall–Kier alpha value is -0.830. The largest absolute Gasteiger partial charge is 0.492 e. The van der Waals surface area contributed by atoms with E-state index in [0.29, 0.717) is 6.61 Å². The van der Waals surface area contributed by atoms with Crippen molar-refractivity contribution in [1.82, 2.24) is 0 Å². The third-order valence-electron chi connectivity index (χ3n) is 2.25. The van der Waals surface area contributed by atoms with Gasteiger partial charge in [-0.15, -0.1) is 11.8 Å². The van der Waals surface area contributed by atoms with Gasteiger partial charge in [0.1, 0.15) is 5.75 Å². The summed E-state index contributed by atoms with van der Waals surface area (Å²) in [4.78, 5) is 1.23. The maximum atomic E-state index is 5.82. The molecule has 0 bridgehead atoms. The fraction of sp³-hybridized carbons (Fsp3) is 0.538. The molecule has 0 aliphatic carbocycles. The quantitative estimate of drug-likeness (QED) is 0.605. The lowest BCUT2D eigenvalue weighted by Gasteiger charge is -2.09. The van der Waals surface area contributed by atoms with E-state index in [-0.39, 0.29) is 0 Å². The number of benzene rings is 1. The molecule has 0 atom stereocenters. The van der Waals surface area contributed by atoms with E-state index in [1.165, 1.54) is 11.3 Å². The topological polar surface area (TPSA) is 35.2 Å². The zero-order chi connectivity index (χ0) is 12.0. The predicted molar refractivity (Wildman–Crippen MR) is 72.2 cm³/mol. The number of thioether (sulfide) groups is 1. The summed E-state index contributed by atoms with van der Waals surface area (Å²) in [6, 6.07) is 6.01. The molecule has 90 valence electrons. The van der Waals surface area contributed by atoms with Gasteiger partial charge >= 0.3 is 0 Å². The second-order valence-corrected chi connectivity index (χ2v) is 5.33. The maximum absolute atomic E-state index is 5.82. The normalized spacial score (nSPS) is 10.8. The molecular formula is C13H21NOS. The minimum Gasteiger partial charge on any atom is -0.492 e. The highest BCUT2D eigenvalue weighted by molar-refractivity contribution is 7.99. The highest BCUT2D eigenvalue weighted by atomic mass is 32.2. The van der Waals surface area contributed by atoms with Crippen LogP contribution < -0.4 is 10.5 Å². The van der Waals surface area contributed by atoms with Gasteiger partial charge < -0.3 is 10.5 Å². The van der Waals surface area contributed by atoms with Crippen LogP contribution in [0, 0.1) is 5.92 Å². The lowest BCUT2D eigenvalue weighted by molar-refractivity contribution is 0.341. The van der Waals surface area contributed by atoms with E-state index in [9.17, 15) is 0 Å². The smallest absolute Gasteiger partial charge is 0.143 e. The maximum Gasteiger partial charge on any atom is 0.143 e. The fourth-order valence-electron chi connectivity index (χ4n) is 1.30. The van der Waals surface area contributed by atoms with Crippen LogP contribution in [0.3, 0.4) is 0 Å². The summed E-state index contributed by atoms with van der Waals surface area (Å²) in [7, 11) is 0. The Kier molecular flexibility index (Phi) is 5.53. The van der Waals surface area contributed by atoms with Crippen LogP contribution in [0.15, 0.2) is 23.1 Å².